The number of rotatable bonds is 5. The minimum Gasteiger partial charge on any atom is -0.339 e. The van der Waals surface area contributed by atoms with Crippen molar-refractivity contribution in [1.29, 1.82) is 0 Å². The molecule has 15 heavy (non-hydrogen) atoms. The first-order valence-electron chi connectivity index (χ1n) is 5.75. The van der Waals surface area contributed by atoms with Crippen LogP contribution in [0.2, 0.25) is 0 Å². The van der Waals surface area contributed by atoms with Crippen LogP contribution >= 0.6 is 0 Å². The van der Waals surface area contributed by atoms with Gasteiger partial charge in [0.1, 0.15) is 0 Å². The fourth-order valence-corrected chi connectivity index (χ4v) is 1.39. The van der Waals surface area contributed by atoms with Crippen LogP contribution in [0.15, 0.2) is 0 Å². The first-order valence-corrected chi connectivity index (χ1v) is 5.75. The number of nitrogens with two attached hydrogens (primary N) is 1. The molecule has 1 atom stereocenters. The second kappa shape index (κ2) is 5.50. The fraction of sp³-hybridized carbons (Fsp3) is 0.917. The van der Waals surface area contributed by atoms with Crippen molar-refractivity contribution in [1.82, 2.24) is 4.90 Å². The van der Waals surface area contributed by atoms with Crippen LogP contribution in [0, 0.1) is 5.92 Å². The summed E-state index contributed by atoms with van der Waals surface area (Å²) >= 11 is 0. The first kappa shape index (κ1) is 14.4. The maximum absolute atomic E-state index is 12.0. The van der Waals surface area contributed by atoms with E-state index < -0.39 is 0 Å². The molecule has 3 nitrogen and oxygen atoms in total. The summed E-state index contributed by atoms with van der Waals surface area (Å²) in [5.41, 5.74) is 5.77. The molecule has 0 aliphatic rings. The fourth-order valence-electron chi connectivity index (χ4n) is 1.39. The third-order valence-electron chi connectivity index (χ3n) is 3.15. The van der Waals surface area contributed by atoms with E-state index in [9.17, 15) is 4.79 Å². The quantitative estimate of drug-likeness (QED) is 0.761. The third kappa shape index (κ3) is 4.20. The van der Waals surface area contributed by atoms with Gasteiger partial charge in [-0.05, 0) is 32.6 Å². The molecule has 3 heteroatoms. The van der Waals surface area contributed by atoms with Crippen molar-refractivity contribution >= 4 is 5.91 Å². The molecule has 0 aromatic carbocycles. The Hall–Kier alpha value is -0.570. The van der Waals surface area contributed by atoms with Gasteiger partial charge >= 0.3 is 0 Å². The van der Waals surface area contributed by atoms with Gasteiger partial charge in [0.25, 0.3) is 0 Å². The van der Waals surface area contributed by atoms with Crippen LogP contribution in [0.1, 0.15) is 47.5 Å². The summed E-state index contributed by atoms with van der Waals surface area (Å²) in [6.45, 7) is 10.4. The average molecular weight is 214 g/mol. The van der Waals surface area contributed by atoms with Gasteiger partial charge in [0, 0.05) is 12.6 Å². The van der Waals surface area contributed by atoms with E-state index in [1.165, 1.54) is 0 Å². The van der Waals surface area contributed by atoms with Gasteiger partial charge in [0.05, 0.1) is 6.04 Å². The molecule has 0 fully saturated rings. The highest BCUT2D eigenvalue weighted by Crippen LogP contribution is 2.18. The molecule has 0 heterocycles. The average Bonchev–Trinajstić information content (AvgIpc) is 2.14. The van der Waals surface area contributed by atoms with Crippen molar-refractivity contribution in [3.63, 3.8) is 0 Å². The Morgan fingerprint density at radius 2 is 1.87 bits per heavy atom. The smallest absolute Gasteiger partial charge is 0.239 e. The minimum absolute atomic E-state index is 0.0514. The van der Waals surface area contributed by atoms with Crippen LogP contribution in [-0.4, -0.2) is 29.4 Å². The summed E-state index contributed by atoms with van der Waals surface area (Å²) in [5.74, 6) is 0.512. The number of carbonyl (C=O) groups excluding carboxylic acids is 1. The molecule has 0 aromatic heterocycles. The van der Waals surface area contributed by atoms with E-state index in [0.29, 0.717) is 5.92 Å². The summed E-state index contributed by atoms with van der Waals surface area (Å²) in [6, 6.07) is -0.360. The standard InChI is InChI=1S/C12H26N2O/c1-7-12(4,5)14(6)11(15)10(13)8-9(2)3/h9-10H,7-8,13H2,1-6H3/t10-/m0/s1. The molecule has 0 saturated heterocycles. The Morgan fingerprint density at radius 3 is 2.20 bits per heavy atom. The van der Waals surface area contributed by atoms with E-state index in [0.717, 1.165) is 12.8 Å². The first-order chi connectivity index (χ1) is 6.72. The summed E-state index contributed by atoms with van der Waals surface area (Å²) < 4.78 is 0. The highest BCUT2D eigenvalue weighted by molar-refractivity contribution is 5.82. The van der Waals surface area contributed by atoms with Crippen molar-refractivity contribution in [2.75, 3.05) is 7.05 Å². The normalized spacial score (nSPS) is 14.1. The summed E-state index contributed by atoms with van der Waals surface area (Å²) in [4.78, 5) is 13.8. The van der Waals surface area contributed by atoms with Crippen molar-refractivity contribution in [3.05, 3.63) is 0 Å². The molecule has 0 aliphatic heterocycles. The molecule has 1 amide bonds. The molecule has 0 aliphatic carbocycles. The molecule has 0 radical (unpaired) electrons. The lowest BCUT2D eigenvalue weighted by Gasteiger charge is -2.36. The van der Waals surface area contributed by atoms with Crippen LogP contribution in [0.4, 0.5) is 0 Å². The predicted molar refractivity (Wildman–Crippen MR) is 64.6 cm³/mol. The number of hydrogen-bond donors (Lipinski definition) is 1. The minimum atomic E-state index is -0.360. The van der Waals surface area contributed by atoms with Crippen molar-refractivity contribution in [3.8, 4) is 0 Å². The Bertz CT molecular complexity index is 212. The Kier molecular flexibility index (Phi) is 5.29. The lowest BCUT2D eigenvalue weighted by molar-refractivity contribution is -0.136. The van der Waals surface area contributed by atoms with Gasteiger partial charge < -0.3 is 10.6 Å². The van der Waals surface area contributed by atoms with Crippen LogP contribution in [-0.2, 0) is 4.79 Å². The van der Waals surface area contributed by atoms with Gasteiger partial charge in [0.15, 0.2) is 0 Å². The van der Waals surface area contributed by atoms with Gasteiger partial charge in [-0.25, -0.2) is 0 Å². The lowest BCUT2D eigenvalue weighted by atomic mass is 9.97. The predicted octanol–water partition coefficient (Wildman–Crippen LogP) is 2.01. The van der Waals surface area contributed by atoms with E-state index >= 15 is 0 Å². The Balaban J connectivity index is 4.44. The second-order valence-corrected chi connectivity index (χ2v) is 5.30. The highest BCUT2D eigenvalue weighted by atomic mass is 16.2. The molecule has 90 valence electrons. The van der Waals surface area contributed by atoms with Gasteiger partial charge in [-0.3, -0.25) is 4.79 Å². The number of nitrogens with zero attached hydrogens (tertiary/aromatic N) is 1. The third-order valence-corrected chi connectivity index (χ3v) is 3.15. The maximum Gasteiger partial charge on any atom is 0.239 e. The Morgan fingerprint density at radius 1 is 1.40 bits per heavy atom. The van der Waals surface area contributed by atoms with Gasteiger partial charge in [-0.2, -0.15) is 0 Å². The molecule has 0 aromatic rings. The maximum atomic E-state index is 12.0. The number of hydrogen-bond acceptors (Lipinski definition) is 2. The largest absolute Gasteiger partial charge is 0.339 e. The molecule has 0 unspecified atom stereocenters. The number of likely N-dealkylation sites (N-methyl/N-ethyl adjacent to an activating group) is 1. The van der Waals surface area contributed by atoms with Crippen LogP contribution in [0.5, 0.6) is 0 Å². The van der Waals surface area contributed by atoms with Crippen LogP contribution in [0.3, 0.4) is 0 Å². The monoisotopic (exact) mass is 214 g/mol. The molecule has 0 spiro atoms. The zero-order valence-electron chi connectivity index (χ0n) is 11.0. The van der Waals surface area contributed by atoms with Gasteiger partial charge in [-0.15, -0.1) is 0 Å². The topological polar surface area (TPSA) is 46.3 Å². The van der Waals surface area contributed by atoms with Crippen molar-refractivity contribution < 1.29 is 4.79 Å². The summed E-state index contributed by atoms with van der Waals surface area (Å²) in [5, 5.41) is 0. The van der Waals surface area contributed by atoms with E-state index in [1.54, 1.807) is 4.90 Å². The molecule has 0 saturated carbocycles. The van der Waals surface area contributed by atoms with Gasteiger partial charge in [-0.1, -0.05) is 20.8 Å². The molecule has 2 N–H and O–H groups in total. The number of carbonyl (C=O) groups is 1. The summed E-state index contributed by atoms with van der Waals surface area (Å²) in [6.07, 6.45) is 1.69. The number of amides is 1. The second-order valence-electron chi connectivity index (χ2n) is 5.30. The van der Waals surface area contributed by atoms with E-state index in [1.807, 2.05) is 7.05 Å². The molecular formula is C12H26N2O. The molecule has 0 rings (SSSR count). The van der Waals surface area contributed by atoms with E-state index in [4.69, 9.17) is 5.73 Å². The summed E-state index contributed by atoms with van der Waals surface area (Å²) in [7, 11) is 1.84. The molecular weight excluding hydrogens is 188 g/mol. The Labute approximate surface area is 94.0 Å². The highest BCUT2D eigenvalue weighted by Gasteiger charge is 2.29. The van der Waals surface area contributed by atoms with Crippen molar-refractivity contribution in [2.45, 2.75) is 59.0 Å². The van der Waals surface area contributed by atoms with E-state index in [2.05, 4.69) is 34.6 Å². The SMILES string of the molecule is CCC(C)(C)N(C)C(=O)[C@@H](N)CC(C)C. The van der Waals surface area contributed by atoms with Crippen molar-refractivity contribution in [2.24, 2.45) is 11.7 Å². The zero-order chi connectivity index (χ0) is 12.2. The van der Waals surface area contributed by atoms with Crippen LogP contribution in [0.25, 0.3) is 0 Å². The van der Waals surface area contributed by atoms with E-state index in [-0.39, 0.29) is 17.5 Å². The lowest BCUT2D eigenvalue weighted by Crippen LogP contribution is -2.51. The van der Waals surface area contributed by atoms with Gasteiger partial charge in [0.2, 0.25) is 5.91 Å². The zero-order valence-corrected chi connectivity index (χ0v) is 11.0. The van der Waals surface area contributed by atoms with Crippen LogP contribution < -0.4 is 5.73 Å². The molecule has 0 bridgehead atoms.